The van der Waals surface area contributed by atoms with E-state index in [1.807, 2.05) is 38.2 Å². The Bertz CT molecular complexity index is 261. The molecule has 0 radical (unpaired) electrons. The summed E-state index contributed by atoms with van der Waals surface area (Å²) in [5, 5.41) is 1.61. The van der Waals surface area contributed by atoms with Crippen LogP contribution in [0.15, 0.2) is 24.3 Å². The number of rotatable bonds is 4. The third kappa shape index (κ3) is 3.92. The van der Waals surface area contributed by atoms with Crippen molar-refractivity contribution in [1.29, 1.82) is 0 Å². The van der Waals surface area contributed by atoms with Crippen LogP contribution < -0.4 is 10.6 Å². The fraction of sp³-hybridized carbons (Fsp3) is 0.400. The van der Waals surface area contributed by atoms with Gasteiger partial charge in [0, 0.05) is 13.6 Å². The van der Waals surface area contributed by atoms with Gasteiger partial charge in [-0.25, -0.2) is 5.01 Å². The van der Waals surface area contributed by atoms with E-state index in [1.165, 1.54) is 5.56 Å². The third-order valence-electron chi connectivity index (χ3n) is 1.70. The summed E-state index contributed by atoms with van der Waals surface area (Å²) in [5.74, 6) is 6.34. The molecule has 0 aliphatic heterocycles. The van der Waals surface area contributed by atoms with Crippen LogP contribution in [0, 0.1) is 6.92 Å². The summed E-state index contributed by atoms with van der Waals surface area (Å²) >= 11 is 0. The predicted molar refractivity (Wildman–Crippen MR) is 53.5 cm³/mol. The zero-order chi connectivity index (χ0) is 9.68. The van der Waals surface area contributed by atoms with Crippen molar-refractivity contribution in [3.63, 3.8) is 0 Å². The molecule has 0 bridgehead atoms. The second kappa shape index (κ2) is 4.84. The Morgan fingerprint density at radius 2 is 2.23 bits per heavy atom. The van der Waals surface area contributed by atoms with Crippen molar-refractivity contribution in [3.05, 3.63) is 29.8 Å². The Kier molecular flexibility index (Phi) is 3.73. The molecule has 2 N–H and O–H groups in total. The van der Waals surface area contributed by atoms with Crippen molar-refractivity contribution >= 4 is 0 Å². The number of benzene rings is 1. The quantitative estimate of drug-likeness (QED) is 0.558. The van der Waals surface area contributed by atoms with Crippen molar-refractivity contribution in [1.82, 2.24) is 5.01 Å². The first-order chi connectivity index (χ1) is 6.18. The minimum Gasteiger partial charge on any atom is -0.492 e. The zero-order valence-electron chi connectivity index (χ0n) is 8.16. The lowest BCUT2D eigenvalue weighted by Crippen LogP contribution is -2.30. The summed E-state index contributed by atoms with van der Waals surface area (Å²) in [7, 11) is 1.82. The molecule has 0 fully saturated rings. The van der Waals surface area contributed by atoms with Crippen molar-refractivity contribution in [3.8, 4) is 5.75 Å². The Hall–Kier alpha value is -1.06. The molecule has 0 saturated carbocycles. The molecule has 0 aliphatic carbocycles. The Morgan fingerprint density at radius 1 is 1.46 bits per heavy atom. The van der Waals surface area contributed by atoms with Gasteiger partial charge in [0.1, 0.15) is 12.4 Å². The van der Waals surface area contributed by atoms with Gasteiger partial charge in [-0.3, -0.25) is 5.84 Å². The Morgan fingerprint density at radius 3 is 2.85 bits per heavy atom. The van der Waals surface area contributed by atoms with E-state index in [2.05, 4.69) is 0 Å². The fourth-order valence-corrected chi connectivity index (χ4v) is 1.01. The molecule has 0 aliphatic rings. The van der Waals surface area contributed by atoms with Gasteiger partial charge in [-0.2, -0.15) is 0 Å². The van der Waals surface area contributed by atoms with Crippen LogP contribution in [-0.2, 0) is 0 Å². The van der Waals surface area contributed by atoms with Crippen LogP contribution in [0.2, 0.25) is 0 Å². The maximum absolute atomic E-state index is 5.48. The molecule has 1 aromatic rings. The van der Waals surface area contributed by atoms with Gasteiger partial charge < -0.3 is 4.74 Å². The van der Waals surface area contributed by atoms with E-state index in [4.69, 9.17) is 10.6 Å². The second-order valence-electron chi connectivity index (χ2n) is 3.15. The monoisotopic (exact) mass is 180 g/mol. The SMILES string of the molecule is Cc1cccc(OCCN(C)N)c1. The number of likely N-dealkylation sites (N-methyl/N-ethyl adjacent to an activating group) is 1. The van der Waals surface area contributed by atoms with Gasteiger partial charge >= 0.3 is 0 Å². The van der Waals surface area contributed by atoms with Crippen LogP contribution in [0.4, 0.5) is 0 Å². The summed E-state index contributed by atoms with van der Waals surface area (Å²) in [6.45, 7) is 3.40. The predicted octanol–water partition coefficient (Wildman–Crippen LogP) is 1.18. The van der Waals surface area contributed by atoms with Gasteiger partial charge in [0.2, 0.25) is 0 Å². The van der Waals surface area contributed by atoms with E-state index in [0.29, 0.717) is 6.61 Å². The molecule has 1 rings (SSSR count). The van der Waals surface area contributed by atoms with E-state index in [0.717, 1.165) is 12.3 Å². The maximum atomic E-state index is 5.48. The van der Waals surface area contributed by atoms with Crippen LogP contribution in [-0.4, -0.2) is 25.2 Å². The summed E-state index contributed by atoms with van der Waals surface area (Å²) in [4.78, 5) is 0. The molecule has 0 heterocycles. The molecule has 3 heteroatoms. The number of nitrogens with zero attached hydrogens (tertiary/aromatic N) is 1. The molecule has 0 atom stereocenters. The molecule has 0 saturated heterocycles. The highest BCUT2D eigenvalue weighted by atomic mass is 16.5. The third-order valence-corrected chi connectivity index (χ3v) is 1.70. The largest absolute Gasteiger partial charge is 0.492 e. The van der Waals surface area contributed by atoms with E-state index < -0.39 is 0 Å². The van der Waals surface area contributed by atoms with Crippen molar-refractivity contribution in [2.24, 2.45) is 5.84 Å². The highest BCUT2D eigenvalue weighted by Crippen LogP contribution is 2.11. The van der Waals surface area contributed by atoms with E-state index >= 15 is 0 Å². The summed E-state index contributed by atoms with van der Waals surface area (Å²) < 4.78 is 5.48. The van der Waals surface area contributed by atoms with Crippen LogP contribution >= 0.6 is 0 Å². The van der Waals surface area contributed by atoms with Crippen LogP contribution in [0.3, 0.4) is 0 Å². The minimum absolute atomic E-state index is 0.621. The number of hydrogen-bond donors (Lipinski definition) is 1. The van der Waals surface area contributed by atoms with Gasteiger partial charge in [0.05, 0.1) is 0 Å². The highest BCUT2D eigenvalue weighted by molar-refractivity contribution is 5.27. The first-order valence-corrected chi connectivity index (χ1v) is 4.34. The Balaban J connectivity index is 2.37. The first-order valence-electron chi connectivity index (χ1n) is 4.34. The lowest BCUT2D eigenvalue weighted by atomic mass is 10.2. The molecule has 1 aromatic carbocycles. The molecule has 13 heavy (non-hydrogen) atoms. The minimum atomic E-state index is 0.621. The number of hydrazine groups is 1. The first kappa shape index (κ1) is 10.0. The number of ether oxygens (including phenoxy) is 1. The number of hydrogen-bond acceptors (Lipinski definition) is 3. The molecule has 0 spiro atoms. The van der Waals surface area contributed by atoms with Crippen molar-refractivity contribution in [2.75, 3.05) is 20.2 Å². The van der Waals surface area contributed by atoms with Gasteiger partial charge in [0.25, 0.3) is 0 Å². The van der Waals surface area contributed by atoms with Crippen molar-refractivity contribution in [2.45, 2.75) is 6.92 Å². The number of aryl methyl sites for hydroxylation is 1. The summed E-state index contributed by atoms with van der Waals surface area (Å²) in [6, 6.07) is 7.98. The van der Waals surface area contributed by atoms with Crippen LogP contribution in [0.5, 0.6) is 5.75 Å². The molecule has 0 unspecified atom stereocenters. The van der Waals surface area contributed by atoms with Gasteiger partial charge in [-0.15, -0.1) is 0 Å². The smallest absolute Gasteiger partial charge is 0.119 e. The van der Waals surface area contributed by atoms with E-state index in [1.54, 1.807) is 5.01 Å². The molecule has 72 valence electrons. The Labute approximate surface area is 79.1 Å². The second-order valence-corrected chi connectivity index (χ2v) is 3.15. The van der Waals surface area contributed by atoms with Gasteiger partial charge in [0.15, 0.2) is 0 Å². The summed E-state index contributed by atoms with van der Waals surface area (Å²) in [6.07, 6.45) is 0. The zero-order valence-corrected chi connectivity index (χ0v) is 8.16. The molecular weight excluding hydrogens is 164 g/mol. The van der Waals surface area contributed by atoms with Crippen molar-refractivity contribution < 1.29 is 4.74 Å². The van der Waals surface area contributed by atoms with E-state index in [9.17, 15) is 0 Å². The summed E-state index contributed by atoms with van der Waals surface area (Å²) in [5.41, 5.74) is 1.21. The standard InChI is InChI=1S/C10H16N2O/c1-9-4-3-5-10(8-9)13-7-6-12(2)11/h3-5,8H,6-7,11H2,1-2H3. The molecule has 3 nitrogen and oxygen atoms in total. The topological polar surface area (TPSA) is 38.5 Å². The lowest BCUT2D eigenvalue weighted by molar-refractivity contribution is 0.241. The molecular formula is C10H16N2O. The van der Waals surface area contributed by atoms with E-state index in [-0.39, 0.29) is 0 Å². The fourth-order valence-electron chi connectivity index (χ4n) is 1.01. The van der Waals surface area contributed by atoms with Gasteiger partial charge in [-0.1, -0.05) is 12.1 Å². The average molecular weight is 180 g/mol. The van der Waals surface area contributed by atoms with Crippen LogP contribution in [0.1, 0.15) is 5.56 Å². The van der Waals surface area contributed by atoms with Gasteiger partial charge in [-0.05, 0) is 24.6 Å². The highest BCUT2D eigenvalue weighted by Gasteiger charge is 1.94. The average Bonchev–Trinajstić information content (AvgIpc) is 2.03. The lowest BCUT2D eigenvalue weighted by Gasteiger charge is -2.10. The molecule has 0 amide bonds. The maximum Gasteiger partial charge on any atom is 0.119 e. The normalized spacial score (nSPS) is 10.5. The number of nitrogens with two attached hydrogens (primary N) is 1. The van der Waals surface area contributed by atoms with Crippen LogP contribution in [0.25, 0.3) is 0 Å². The molecule has 0 aromatic heterocycles.